The summed E-state index contributed by atoms with van der Waals surface area (Å²) in [4.78, 5) is 34.5. The zero-order valence-electron chi connectivity index (χ0n) is 11.3. The van der Waals surface area contributed by atoms with Crippen molar-refractivity contribution >= 4 is 17.5 Å². The first-order valence-electron chi connectivity index (χ1n) is 6.48. The van der Waals surface area contributed by atoms with Gasteiger partial charge < -0.3 is 5.11 Å². The van der Waals surface area contributed by atoms with Crippen molar-refractivity contribution in [3.05, 3.63) is 71.3 Å². The molecule has 0 saturated carbocycles. The highest BCUT2D eigenvalue weighted by Crippen LogP contribution is 2.09. The summed E-state index contributed by atoms with van der Waals surface area (Å²) in [5, 5.41) is 8.79. The zero-order valence-corrected chi connectivity index (χ0v) is 11.3. The van der Waals surface area contributed by atoms with Crippen molar-refractivity contribution in [2.24, 2.45) is 0 Å². The largest absolute Gasteiger partial charge is 0.478 e. The Bertz CT molecular complexity index is 657. The van der Waals surface area contributed by atoms with E-state index in [1.165, 1.54) is 12.1 Å². The molecule has 0 aliphatic carbocycles. The highest BCUT2D eigenvalue weighted by molar-refractivity contribution is 6.08. The summed E-state index contributed by atoms with van der Waals surface area (Å²) in [7, 11) is 0. The maximum absolute atomic E-state index is 11.9. The van der Waals surface area contributed by atoms with E-state index in [-0.39, 0.29) is 30.0 Å². The average Bonchev–Trinajstić information content (AvgIpc) is 2.48. The molecule has 0 spiro atoms. The Kier molecular flexibility index (Phi) is 4.61. The second-order valence-corrected chi connectivity index (χ2v) is 4.68. The maximum atomic E-state index is 11.9. The van der Waals surface area contributed by atoms with Crippen molar-refractivity contribution in [3.63, 3.8) is 0 Å². The minimum atomic E-state index is -1.01. The summed E-state index contributed by atoms with van der Waals surface area (Å²) in [6.45, 7) is 0. The minimum Gasteiger partial charge on any atom is -0.478 e. The molecule has 0 radical (unpaired) electrons. The van der Waals surface area contributed by atoms with Crippen molar-refractivity contribution in [1.82, 2.24) is 0 Å². The van der Waals surface area contributed by atoms with Crippen LogP contribution in [-0.4, -0.2) is 22.6 Å². The summed E-state index contributed by atoms with van der Waals surface area (Å²) >= 11 is 0. The molecule has 2 rings (SSSR count). The normalized spacial score (nSPS) is 10.1. The van der Waals surface area contributed by atoms with Crippen LogP contribution in [0.3, 0.4) is 0 Å². The van der Waals surface area contributed by atoms with Crippen molar-refractivity contribution in [1.29, 1.82) is 0 Å². The molecule has 0 aliphatic heterocycles. The van der Waals surface area contributed by atoms with Crippen LogP contribution in [0.4, 0.5) is 0 Å². The lowest BCUT2D eigenvalue weighted by atomic mass is 10.0. The molecule has 21 heavy (non-hydrogen) atoms. The molecule has 2 aromatic rings. The van der Waals surface area contributed by atoms with Gasteiger partial charge in [-0.15, -0.1) is 0 Å². The van der Waals surface area contributed by atoms with Gasteiger partial charge in [-0.1, -0.05) is 42.5 Å². The number of hydrogen-bond acceptors (Lipinski definition) is 3. The van der Waals surface area contributed by atoms with E-state index in [2.05, 4.69) is 0 Å². The van der Waals surface area contributed by atoms with Gasteiger partial charge in [-0.3, -0.25) is 9.59 Å². The number of ketones is 2. The van der Waals surface area contributed by atoms with E-state index in [1.807, 2.05) is 6.07 Å². The molecular formula is C17H14O4. The first-order chi connectivity index (χ1) is 10.1. The van der Waals surface area contributed by atoms with E-state index in [0.29, 0.717) is 11.1 Å². The van der Waals surface area contributed by atoms with Crippen molar-refractivity contribution < 1.29 is 19.5 Å². The fraction of sp³-hybridized carbons (Fsp3) is 0.118. The Hall–Kier alpha value is -2.75. The van der Waals surface area contributed by atoms with Gasteiger partial charge >= 0.3 is 5.97 Å². The van der Waals surface area contributed by atoms with Crippen LogP contribution in [0.15, 0.2) is 54.6 Å². The average molecular weight is 282 g/mol. The van der Waals surface area contributed by atoms with Gasteiger partial charge in [-0.05, 0) is 17.7 Å². The number of Topliss-reactive ketones (excluding diaryl/α,β-unsaturated/α-hetero) is 2. The van der Waals surface area contributed by atoms with Crippen LogP contribution < -0.4 is 0 Å². The van der Waals surface area contributed by atoms with Crippen LogP contribution in [0.2, 0.25) is 0 Å². The van der Waals surface area contributed by atoms with Crippen molar-refractivity contribution in [3.8, 4) is 0 Å². The van der Waals surface area contributed by atoms with E-state index < -0.39 is 5.97 Å². The lowest BCUT2D eigenvalue weighted by Crippen LogP contribution is -2.10. The van der Waals surface area contributed by atoms with E-state index >= 15 is 0 Å². The Labute approximate surface area is 122 Å². The highest BCUT2D eigenvalue weighted by atomic mass is 16.4. The van der Waals surface area contributed by atoms with Crippen LogP contribution in [0.1, 0.15) is 32.7 Å². The lowest BCUT2D eigenvalue weighted by Gasteiger charge is -2.02. The number of carbonyl (C=O) groups excluding carboxylic acids is 2. The molecule has 0 aliphatic rings. The Morgan fingerprint density at radius 2 is 1.43 bits per heavy atom. The molecule has 4 heteroatoms. The molecule has 4 nitrogen and oxygen atoms in total. The van der Waals surface area contributed by atoms with Gasteiger partial charge in [0.1, 0.15) is 5.78 Å². The van der Waals surface area contributed by atoms with E-state index in [1.54, 1.807) is 36.4 Å². The maximum Gasteiger partial charge on any atom is 0.335 e. The van der Waals surface area contributed by atoms with Crippen LogP contribution >= 0.6 is 0 Å². The molecule has 0 atom stereocenters. The van der Waals surface area contributed by atoms with Gasteiger partial charge in [0, 0.05) is 12.0 Å². The number of aromatic carboxylic acids is 1. The smallest absolute Gasteiger partial charge is 0.335 e. The van der Waals surface area contributed by atoms with Crippen LogP contribution in [0.5, 0.6) is 0 Å². The van der Waals surface area contributed by atoms with Gasteiger partial charge in [0.25, 0.3) is 0 Å². The molecule has 0 heterocycles. The lowest BCUT2D eigenvalue weighted by molar-refractivity contribution is -0.117. The van der Waals surface area contributed by atoms with E-state index in [0.717, 1.165) is 0 Å². The van der Waals surface area contributed by atoms with E-state index in [9.17, 15) is 14.4 Å². The predicted molar refractivity (Wildman–Crippen MR) is 77.5 cm³/mol. The zero-order chi connectivity index (χ0) is 15.2. The molecule has 0 unspecified atom stereocenters. The van der Waals surface area contributed by atoms with Gasteiger partial charge in [-0.25, -0.2) is 4.79 Å². The van der Waals surface area contributed by atoms with Crippen molar-refractivity contribution in [2.45, 2.75) is 12.8 Å². The highest BCUT2D eigenvalue weighted by Gasteiger charge is 2.12. The molecule has 0 saturated heterocycles. The predicted octanol–water partition coefficient (Wildman–Crippen LogP) is 2.77. The third-order valence-electron chi connectivity index (χ3n) is 3.06. The third-order valence-corrected chi connectivity index (χ3v) is 3.06. The fourth-order valence-corrected chi connectivity index (χ4v) is 1.96. The van der Waals surface area contributed by atoms with Crippen LogP contribution in [-0.2, 0) is 11.2 Å². The van der Waals surface area contributed by atoms with Gasteiger partial charge in [0.15, 0.2) is 5.78 Å². The number of carboxylic acids is 1. The monoisotopic (exact) mass is 282 g/mol. The second kappa shape index (κ2) is 6.61. The molecule has 0 amide bonds. The molecule has 106 valence electrons. The molecule has 2 aromatic carbocycles. The van der Waals surface area contributed by atoms with Crippen molar-refractivity contribution in [2.75, 3.05) is 0 Å². The topological polar surface area (TPSA) is 71.4 Å². The first kappa shape index (κ1) is 14.7. The van der Waals surface area contributed by atoms with Gasteiger partial charge in [0.05, 0.1) is 12.0 Å². The molecule has 0 aromatic heterocycles. The summed E-state index contributed by atoms with van der Waals surface area (Å²) in [6.07, 6.45) is -0.0246. The number of rotatable bonds is 6. The van der Waals surface area contributed by atoms with E-state index in [4.69, 9.17) is 5.11 Å². The number of hydrogen-bond donors (Lipinski definition) is 1. The molecule has 0 bridgehead atoms. The summed E-state index contributed by atoms with van der Waals surface area (Å²) in [6, 6.07) is 14.7. The molecular weight excluding hydrogens is 268 g/mol. The SMILES string of the molecule is O=C(CC(=O)c1ccccc1)Cc1ccc(C(=O)O)cc1. The first-order valence-corrected chi connectivity index (χ1v) is 6.48. The Balaban J connectivity index is 1.95. The second-order valence-electron chi connectivity index (χ2n) is 4.68. The molecule has 1 N–H and O–H groups in total. The number of carbonyl (C=O) groups is 3. The molecule has 0 fully saturated rings. The van der Waals surface area contributed by atoms with Crippen LogP contribution in [0, 0.1) is 0 Å². The minimum absolute atomic E-state index is 0.123. The Morgan fingerprint density at radius 3 is 2.00 bits per heavy atom. The third kappa shape index (κ3) is 4.11. The fourth-order valence-electron chi connectivity index (χ4n) is 1.96. The number of benzene rings is 2. The van der Waals surface area contributed by atoms with Crippen LogP contribution in [0.25, 0.3) is 0 Å². The van der Waals surface area contributed by atoms with Gasteiger partial charge in [0.2, 0.25) is 0 Å². The standard InChI is InChI=1S/C17H14O4/c18-15(11-16(19)13-4-2-1-3-5-13)10-12-6-8-14(9-7-12)17(20)21/h1-9H,10-11H2,(H,20,21). The summed E-state index contributed by atoms with van der Waals surface area (Å²) < 4.78 is 0. The number of carboxylic acid groups (broad SMARTS) is 1. The summed E-state index contributed by atoms with van der Waals surface area (Å²) in [5.74, 6) is -1.40. The quantitative estimate of drug-likeness (QED) is 0.653. The summed E-state index contributed by atoms with van der Waals surface area (Å²) in [5.41, 5.74) is 1.39. The Morgan fingerprint density at radius 1 is 0.810 bits per heavy atom. The van der Waals surface area contributed by atoms with Gasteiger partial charge in [-0.2, -0.15) is 0 Å².